The fourth-order valence-corrected chi connectivity index (χ4v) is 2.19. The first-order valence-electron chi connectivity index (χ1n) is 5.98. The average Bonchev–Trinajstić information content (AvgIpc) is 2.27. The molecule has 0 saturated carbocycles. The molecule has 5 heteroatoms. The van der Waals surface area contributed by atoms with Crippen LogP contribution < -0.4 is 0 Å². The van der Waals surface area contributed by atoms with Gasteiger partial charge in [-0.15, -0.1) is 12.6 Å². The van der Waals surface area contributed by atoms with Gasteiger partial charge in [0, 0.05) is 12.0 Å². The number of aryl methyl sites for hydroxylation is 1. The van der Waals surface area contributed by atoms with E-state index in [0.717, 1.165) is 16.7 Å². The number of nitrogens with zero attached hydrogens (tertiary/aromatic N) is 1. The first-order valence-corrected chi connectivity index (χ1v) is 7.53. The van der Waals surface area contributed by atoms with Crippen molar-refractivity contribution in [1.82, 2.24) is 0 Å². The molecule has 0 aliphatic carbocycles. The third kappa shape index (κ3) is 5.01. The molecule has 1 rings (SSSR count). The van der Waals surface area contributed by atoms with Crippen molar-refractivity contribution in [1.29, 1.82) is 0 Å². The maximum Gasteiger partial charge on any atom is 0.190 e. The lowest BCUT2D eigenvalue weighted by Gasteiger charge is -2.18. The molecule has 1 unspecified atom stereocenters. The van der Waals surface area contributed by atoms with Gasteiger partial charge in [-0.2, -0.15) is 0 Å². The first kappa shape index (κ1) is 16.3. The summed E-state index contributed by atoms with van der Waals surface area (Å²) < 4.78 is 15.6. The molecule has 0 saturated heterocycles. The molecular formula is C14H19NO2S2. The Morgan fingerprint density at radius 1 is 1.47 bits per heavy atom. The van der Waals surface area contributed by atoms with Crippen LogP contribution in [0.25, 0.3) is 0 Å². The van der Waals surface area contributed by atoms with Gasteiger partial charge in [-0.3, -0.25) is 4.79 Å². The molecule has 0 fully saturated rings. The molecule has 0 aromatic heterocycles. The smallest absolute Gasteiger partial charge is 0.190 e. The Hall–Kier alpha value is -0.780. The molecule has 0 amide bonds. The van der Waals surface area contributed by atoms with Gasteiger partial charge < -0.3 is 4.55 Å². The van der Waals surface area contributed by atoms with Crippen molar-refractivity contribution in [3.63, 3.8) is 0 Å². The zero-order chi connectivity index (χ0) is 14.6. The summed E-state index contributed by atoms with van der Waals surface area (Å²) in [6.45, 7) is 7.54. The Bertz CT molecular complexity index is 493. The second-order valence-corrected chi connectivity index (χ2v) is 7.74. The lowest BCUT2D eigenvalue weighted by atomic mass is 10.0. The Balaban J connectivity index is 3.04. The van der Waals surface area contributed by atoms with Crippen LogP contribution in [0.1, 0.15) is 37.5 Å². The monoisotopic (exact) mass is 297 g/mol. The zero-order valence-electron chi connectivity index (χ0n) is 11.6. The molecule has 3 nitrogen and oxygen atoms in total. The Labute approximate surface area is 123 Å². The molecule has 0 aliphatic rings. The van der Waals surface area contributed by atoms with Crippen molar-refractivity contribution in [2.45, 2.75) is 38.9 Å². The molecule has 1 atom stereocenters. The Kier molecular flexibility index (Phi) is 5.64. The topological polar surface area (TPSA) is 52.5 Å². The fraction of sp³-hybridized carbons (Fsp3) is 0.429. The highest BCUT2D eigenvalue weighted by Crippen LogP contribution is 2.19. The standard InChI is InChI=1S/C14H19NO2S2/c1-10-6-5-7-11(12(10)8-13(16)18)9-15-19(17)14(2,3)4/h5-7,9H,8H2,1-4H3,(H,16,18)/b15-9-. The molecule has 104 valence electrons. The number of carbonyl (C=O) groups excluding carboxylic acids is 1. The number of carbonyl (C=O) groups is 1. The summed E-state index contributed by atoms with van der Waals surface area (Å²) in [6.07, 6.45) is 1.83. The van der Waals surface area contributed by atoms with E-state index in [1.807, 2.05) is 45.9 Å². The summed E-state index contributed by atoms with van der Waals surface area (Å²) in [7, 11) is 0. The van der Waals surface area contributed by atoms with Crippen LogP contribution >= 0.6 is 12.6 Å². The molecule has 0 heterocycles. The van der Waals surface area contributed by atoms with Crippen LogP contribution in [0.3, 0.4) is 0 Å². The van der Waals surface area contributed by atoms with Crippen molar-refractivity contribution in [3.8, 4) is 0 Å². The zero-order valence-corrected chi connectivity index (χ0v) is 13.3. The highest BCUT2D eigenvalue weighted by Gasteiger charge is 2.25. The SMILES string of the molecule is Cc1cccc(/C=N\[S+]([O-])C(C)(C)C)c1CC(=O)S. The number of benzene rings is 1. The average molecular weight is 297 g/mol. The highest BCUT2D eigenvalue weighted by molar-refractivity contribution is 7.96. The molecule has 1 aromatic rings. The minimum atomic E-state index is -1.30. The summed E-state index contributed by atoms with van der Waals surface area (Å²) in [6, 6.07) is 5.69. The third-order valence-electron chi connectivity index (χ3n) is 2.59. The van der Waals surface area contributed by atoms with E-state index < -0.39 is 11.4 Å². The third-order valence-corrected chi connectivity index (χ3v) is 4.09. The van der Waals surface area contributed by atoms with Crippen molar-refractivity contribution in [2.24, 2.45) is 4.40 Å². The van der Waals surface area contributed by atoms with E-state index >= 15 is 0 Å². The van der Waals surface area contributed by atoms with E-state index in [1.54, 1.807) is 6.21 Å². The van der Waals surface area contributed by atoms with Gasteiger partial charge in [-0.05, 0) is 38.8 Å². The van der Waals surface area contributed by atoms with E-state index in [0.29, 0.717) is 0 Å². The Morgan fingerprint density at radius 3 is 2.63 bits per heavy atom. The molecule has 0 bridgehead atoms. The quantitative estimate of drug-likeness (QED) is 0.528. The molecule has 0 N–H and O–H groups in total. The van der Waals surface area contributed by atoms with Gasteiger partial charge >= 0.3 is 0 Å². The van der Waals surface area contributed by atoms with Crippen LogP contribution in [0, 0.1) is 6.92 Å². The van der Waals surface area contributed by atoms with E-state index in [2.05, 4.69) is 17.0 Å². The van der Waals surface area contributed by atoms with Crippen LogP contribution in [-0.2, 0) is 22.6 Å². The first-order chi connectivity index (χ1) is 8.71. The van der Waals surface area contributed by atoms with E-state index in [-0.39, 0.29) is 16.3 Å². The summed E-state index contributed by atoms with van der Waals surface area (Å²) in [4.78, 5) is 11.2. The molecule has 19 heavy (non-hydrogen) atoms. The van der Waals surface area contributed by atoms with Gasteiger partial charge in [0.25, 0.3) is 0 Å². The molecule has 0 aliphatic heterocycles. The van der Waals surface area contributed by atoms with E-state index in [4.69, 9.17) is 0 Å². The fourth-order valence-electron chi connectivity index (χ4n) is 1.50. The lowest BCUT2D eigenvalue weighted by Crippen LogP contribution is -2.25. The van der Waals surface area contributed by atoms with Gasteiger partial charge in [0.15, 0.2) is 5.12 Å². The normalized spacial score (nSPS) is 13.8. The van der Waals surface area contributed by atoms with Gasteiger partial charge in [0.05, 0.1) is 6.21 Å². The predicted molar refractivity (Wildman–Crippen MR) is 84.4 cm³/mol. The van der Waals surface area contributed by atoms with Crippen molar-refractivity contribution >= 4 is 35.3 Å². The van der Waals surface area contributed by atoms with E-state index in [1.165, 1.54) is 0 Å². The second-order valence-electron chi connectivity index (χ2n) is 5.31. The molecule has 1 aromatic carbocycles. The molecule has 0 spiro atoms. The number of rotatable bonds is 4. The van der Waals surface area contributed by atoms with Gasteiger partial charge in [-0.1, -0.05) is 22.6 Å². The summed E-state index contributed by atoms with van der Waals surface area (Å²) in [5.74, 6) is 0. The predicted octanol–water partition coefficient (Wildman–Crippen LogP) is 2.88. The second kappa shape index (κ2) is 6.59. The van der Waals surface area contributed by atoms with Crippen LogP contribution in [0.15, 0.2) is 22.6 Å². The molecular weight excluding hydrogens is 278 g/mol. The minimum Gasteiger partial charge on any atom is -0.591 e. The van der Waals surface area contributed by atoms with Crippen LogP contribution in [0.4, 0.5) is 0 Å². The maximum absolute atomic E-state index is 11.9. The highest BCUT2D eigenvalue weighted by atomic mass is 32.2. The van der Waals surface area contributed by atoms with Crippen molar-refractivity contribution in [3.05, 3.63) is 34.9 Å². The minimum absolute atomic E-state index is 0.194. The number of hydrogen-bond acceptors (Lipinski definition) is 3. The number of hydrogen-bond donors (Lipinski definition) is 1. The van der Waals surface area contributed by atoms with Crippen molar-refractivity contribution in [2.75, 3.05) is 0 Å². The summed E-state index contributed by atoms with van der Waals surface area (Å²) >= 11 is 2.52. The Morgan fingerprint density at radius 2 is 2.11 bits per heavy atom. The van der Waals surface area contributed by atoms with Gasteiger partial charge in [0.1, 0.15) is 16.1 Å². The summed E-state index contributed by atoms with van der Waals surface area (Å²) in [5.41, 5.74) is 2.71. The van der Waals surface area contributed by atoms with Crippen LogP contribution in [0.5, 0.6) is 0 Å². The maximum atomic E-state index is 11.9. The van der Waals surface area contributed by atoms with Gasteiger partial charge in [0.2, 0.25) is 0 Å². The van der Waals surface area contributed by atoms with Crippen molar-refractivity contribution < 1.29 is 9.35 Å². The number of thiol groups is 1. The van der Waals surface area contributed by atoms with E-state index in [9.17, 15) is 9.35 Å². The van der Waals surface area contributed by atoms with Crippen LogP contribution in [0.2, 0.25) is 0 Å². The lowest BCUT2D eigenvalue weighted by molar-refractivity contribution is -0.110. The largest absolute Gasteiger partial charge is 0.591 e. The summed E-state index contributed by atoms with van der Waals surface area (Å²) in [5, 5.41) is -0.194. The molecule has 0 radical (unpaired) electrons. The van der Waals surface area contributed by atoms with Crippen LogP contribution in [-0.4, -0.2) is 20.6 Å². The van der Waals surface area contributed by atoms with Gasteiger partial charge in [-0.25, -0.2) is 0 Å².